The maximum absolute atomic E-state index is 13.1. The van der Waals surface area contributed by atoms with E-state index < -0.39 is 6.04 Å². The van der Waals surface area contributed by atoms with Gasteiger partial charge in [0.1, 0.15) is 6.04 Å². The SMILES string of the molecule is CNC(=O)[C@H](C)N(Cc1ccccc1C)C(=O)CCc1ccc(C(C)(C)C)cc1. The van der Waals surface area contributed by atoms with E-state index in [1.807, 2.05) is 31.2 Å². The molecule has 0 radical (unpaired) electrons. The predicted octanol–water partition coefficient (Wildman–Crippen LogP) is 4.39. The van der Waals surface area contributed by atoms with E-state index in [2.05, 4.69) is 50.4 Å². The Morgan fingerprint density at radius 3 is 2.21 bits per heavy atom. The molecule has 0 aliphatic carbocycles. The van der Waals surface area contributed by atoms with E-state index in [0.717, 1.165) is 16.7 Å². The first-order chi connectivity index (χ1) is 13.6. The Labute approximate surface area is 175 Å². The molecular formula is C25H34N2O2. The Bertz CT molecular complexity index is 835. The van der Waals surface area contributed by atoms with Gasteiger partial charge in [-0.3, -0.25) is 9.59 Å². The monoisotopic (exact) mass is 394 g/mol. The van der Waals surface area contributed by atoms with E-state index >= 15 is 0 Å². The second kappa shape index (κ2) is 9.73. The highest BCUT2D eigenvalue weighted by molar-refractivity contribution is 5.87. The van der Waals surface area contributed by atoms with Crippen LogP contribution in [0.4, 0.5) is 0 Å². The molecule has 2 aromatic rings. The lowest BCUT2D eigenvalue weighted by atomic mass is 9.86. The lowest BCUT2D eigenvalue weighted by molar-refractivity contribution is -0.140. The predicted molar refractivity (Wildman–Crippen MR) is 119 cm³/mol. The van der Waals surface area contributed by atoms with Crippen molar-refractivity contribution in [1.82, 2.24) is 10.2 Å². The van der Waals surface area contributed by atoms with Crippen molar-refractivity contribution in [3.05, 3.63) is 70.8 Å². The molecule has 1 N–H and O–H groups in total. The number of nitrogens with one attached hydrogen (secondary N) is 1. The quantitative estimate of drug-likeness (QED) is 0.757. The van der Waals surface area contributed by atoms with Crippen molar-refractivity contribution in [3.63, 3.8) is 0 Å². The van der Waals surface area contributed by atoms with Gasteiger partial charge >= 0.3 is 0 Å². The maximum Gasteiger partial charge on any atom is 0.242 e. The number of benzene rings is 2. The normalized spacial score (nSPS) is 12.3. The molecule has 2 amide bonds. The van der Waals surface area contributed by atoms with Crippen LogP contribution < -0.4 is 5.32 Å². The van der Waals surface area contributed by atoms with E-state index in [1.54, 1.807) is 18.9 Å². The Morgan fingerprint density at radius 1 is 1.03 bits per heavy atom. The van der Waals surface area contributed by atoms with Crippen molar-refractivity contribution >= 4 is 11.8 Å². The third-order valence-electron chi connectivity index (χ3n) is 5.46. The Morgan fingerprint density at radius 2 is 1.66 bits per heavy atom. The summed E-state index contributed by atoms with van der Waals surface area (Å²) in [5.74, 6) is -0.161. The molecule has 0 unspecified atom stereocenters. The number of likely N-dealkylation sites (N-methyl/N-ethyl adjacent to an activating group) is 1. The highest BCUT2D eigenvalue weighted by Gasteiger charge is 2.25. The molecule has 0 aromatic heterocycles. The Hall–Kier alpha value is -2.62. The van der Waals surface area contributed by atoms with Crippen LogP contribution >= 0.6 is 0 Å². The van der Waals surface area contributed by atoms with Crippen molar-refractivity contribution in [3.8, 4) is 0 Å². The highest BCUT2D eigenvalue weighted by Crippen LogP contribution is 2.23. The van der Waals surface area contributed by atoms with Gasteiger partial charge in [0, 0.05) is 20.0 Å². The molecule has 0 saturated heterocycles. The first-order valence-corrected chi connectivity index (χ1v) is 10.3. The van der Waals surface area contributed by atoms with Gasteiger partial charge in [-0.25, -0.2) is 0 Å². The van der Waals surface area contributed by atoms with Crippen LogP contribution in [0.3, 0.4) is 0 Å². The second-order valence-electron chi connectivity index (χ2n) is 8.69. The van der Waals surface area contributed by atoms with Crippen LogP contribution in [0.25, 0.3) is 0 Å². The summed E-state index contributed by atoms with van der Waals surface area (Å²) in [6, 6.07) is 15.9. The molecule has 0 heterocycles. The van der Waals surface area contributed by atoms with Crippen molar-refractivity contribution in [2.24, 2.45) is 0 Å². The van der Waals surface area contributed by atoms with Crippen LogP contribution in [0.15, 0.2) is 48.5 Å². The van der Waals surface area contributed by atoms with E-state index in [9.17, 15) is 9.59 Å². The molecule has 0 saturated carbocycles. The average Bonchev–Trinajstić information content (AvgIpc) is 2.70. The molecule has 0 fully saturated rings. The smallest absolute Gasteiger partial charge is 0.242 e. The fourth-order valence-electron chi connectivity index (χ4n) is 3.33. The first kappa shape index (κ1) is 22.7. The van der Waals surface area contributed by atoms with Gasteiger partial charge < -0.3 is 10.2 Å². The lowest BCUT2D eigenvalue weighted by Crippen LogP contribution is -2.46. The third kappa shape index (κ3) is 6.18. The van der Waals surface area contributed by atoms with Gasteiger partial charge in [-0.05, 0) is 47.9 Å². The number of carbonyl (C=O) groups is 2. The summed E-state index contributed by atoms with van der Waals surface area (Å²) in [5.41, 5.74) is 4.71. The zero-order valence-electron chi connectivity index (χ0n) is 18.6. The van der Waals surface area contributed by atoms with Crippen molar-refractivity contribution in [1.29, 1.82) is 0 Å². The molecular weight excluding hydrogens is 360 g/mol. The minimum atomic E-state index is -0.518. The van der Waals surface area contributed by atoms with Crippen LogP contribution in [0, 0.1) is 6.92 Å². The van der Waals surface area contributed by atoms with Crippen LogP contribution in [0.1, 0.15) is 56.4 Å². The van der Waals surface area contributed by atoms with Crippen LogP contribution in [0.5, 0.6) is 0 Å². The number of nitrogens with zero attached hydrogens (tertiary/aromatic N) is 1. The third-order valence-corrected chi connectivity index (χ3v) is 5.46. The molecule has 1 atom stereocenters. The molecule has 4 nitrogen and oxygen atoms in total. The van der Waals surface area contributed by atoms with Crippen LogP contribution in [0.2, 0.25) is 0 Å². The van der Waals surface area contributed by atoms with Crippen molar-refractivity contribution in [2.45, 2.75) is 65.5 Å². The van der Waals surface area contributed by atoms with Gasteiger partial charge in [0.15, 0.2) is 0 Å². The molecule has 0 spiro atoms. The number of aryl methyl sites for hydroxylation is 2. The largest absolute Gasteiger partial charge is 0.357 e. The summed E-state index contributed by atoms with van der Waals surface area (Å²) in [5, 5.41) is 2.66. The summed E-state index contributed by atoms with van der Waals surface area (Å²) < 4.78 is 0. The van der Waals surface area contributed by atoms with E-state index in [-0.39, 0.29) is 17.2 Å². The molecule has 2 rings (SSSR count). The zero-order valence-corrected chi connectivity index (χ0v) is 18.6. The zero-order chi connectivity index (χ0) is 21.6. The number of hydrogen-bond donors (Lipinski definition) is 1. The average molecular weight is 395 g/mol. The Kier molecular flexibility index (Phi) is 7.60. The first-order valence-electron chi connectivity index (χ1n) is 10.3. The summed E-state index contributed by atoms with van der Waals surface area (Å²) >= 11 is 0. The molecule has 29 heavy (non-hydrogen) atoms. The topological polar surface area (TPSA) is 49.4 Å². The fraction of sp³-hybridized carbons (Fsp3) is 0.440. The maximum atomic E-state index is 13.1. The molecule has 4 heteroatoms. The van der Waals surface area contributed by atoms with Gasteiger partial charge in [0.2, 0.25) is 11.8 Å². The number of amides is 2. The number of rotatable bonds is 7. The molecule has 0 aliphatic heterocycles. The molecule has 156 valence electrons. The summed E-state index contributed by atoms with van der Waals surface area (Å²) in [4.78, 5) is 27.0. The molecule has 0 bridgehead atoms. The van der Waals surface area contributed by atoms with Crippen LogP contribution in [-0.4, -0.2) is 29.8 Å². The van der Waals surface area contributed by atoms with E-state index in [4.69, 9.17) is 0 Å². The van der Waals surface area contributed by atoms with E-state index in [1.165, 1.54) is 5.56 Å². The molecule has 2 aromatic carbocycles. The van der Waals surface area contributed by atoms with Crippen molar-refractivity contribution in [2.75, 3.05) is 7.05 Å². The lowest BCUT2D eigenvalue weighted by Gasteiger charge is -2.29. The minimum absolute atomic E-state index is 0.00995. The molecule has 0 aliphatic rings. The fourth-order valence-corrected chi connectivity index (χ4v) is 3.33. The number of hydrogen-bond acceptors (Lipinski definition) is 2. The summed E-state index contributed by atoms with van der Waals surface area (Å²) in [7, 11) is 1.60. The Balaban J connectivity index is 2.12. The van der Waals surface area contributed by atoms with E-state index in [0.29, 0.717) is 19.4 Å². The highest BCUT2D eigenvalue weighted by atomic mass is 16.2. The second-order valence-corrected chi connectivity index (χ2v) is 8.69. The van der Waals surface area contributed by atoms with Gasteiger partial charge in [-0.15, -0.1) is 0 Å². The van der Waals surface area contributed by atoms with Gasteiger partial charge in [-0.1, -0.05) is 69.3 Å². The van der Waals surface area contributed by atoms with Gasteiger partial charge in [-0.2, -0.15) is 0 Å². The van der Waals surface area contributed by atoms with Crippen molar-refractivity contribution < 1.29 is 9.59 Å². The van der Waals surface area contributed by atoms with Gasteiger partial charge in [0.05, 0.1) is 0 Å². The minimum Gasteiger partial charge on any atom is -0.357 e. The number of carbonyl (C=O) groups excluding carboxylic acids is 2. The summed E-state index contributed by atoms with van der Waals surface area (Å²) in [6.45, 7) is 10.8. The van der Waals surface area contributed by atoms with Crippen LogP contribution in [-0.2, 0) is 28.0 Å². The summed E-state index contributed by atoms with van der Waals surface area (Å²) in [6.07, 6.45) is 1.04. The van der Waals surface area contributed by atoms with Gasteiger partial charge in [0.25, 0.3) is 0 Å². The standard InChI is InChI=1S/C25H34N2O2/c1-18-9-7-8-10-21(18)17-27(19(2)24(29)26-6)23(28)16-13-20-11-14-22(15-12-20)25(3,4)5/h7-12,14-15,19H,13,16-17H2,1-6H3,(H,26,29)/t19-/m0/s1.